The van der Waals surface area contributed by atoms with Crippen LogP contribution in [0.3, 0.4) is 0 Å². The molecule has 2 heterocycles. The van der Waals surface area contributed by atoms with Crippen LogP contribution in [0.5, 0.6) is 0 Å². The summed E-state index contributed by atoms with van der Waals surface area (Å²) in [5.74, 6) is 0. The average Bonchev–Trinajstić information content (AvgIpc) is 2.86. The molecule has 108 valence electrons. The van der Waals surface area contributed by atoms with Gasteiger partial charge in [-0.2, -0.15) is 0 Å². The van der Waals surface area contributed by atoms with E-state index in [9.17, 15) is 4.79 Å². The van der Waals surface area contributed by atoms with E-state index < -0.39 is 0 Å². The zero-order valence-corrected chi connectivity index (χ0v) is 12.4. The molecule has 0 fully saturated rings. The van der Waals surface area contributed by atoms with Crippen molar-refractivity contribution in [2.75, 3.05) is 5.32 Å². The summed E-state index contributed by atoms with van der Waals surface area (Å²) >= 11 is 0. The molecule has 0 aliphatic carbocycles. The molecule has 2 aromatic heterocycles. The van der Waals surface area contributed by atoms with Crippen LogP contribution in [-0.4, -0.2) is 19.6 Å². The first-order valence-electron chi connectivity index (χ1n) is 6.76. The number of hydrogen-bond donors (Lipinski definition) is 1. The van der Waals surface area contributed by atoms with E-state index in [0.717, 1.165) is 11.4 Å². The molecule has 0 atom stereocenters. The highest BCUT2D eigenvalue weighted by molar-refractivity contribution is 5.40. The molecule has 2 aromatic rings. The summed E-state index contributed by atoms with van der Waals surface area (Å²) in [6, 6.07) is 3.35. The zero-order chi connectivity index (χ0) is 14.8. The van der Waals surface area contributed by atoms with Gasteiger partial charge in [-0.15, -0.1) is 5.10 Å². The third-order valence-electron chi connectivity index (χ3n) is 3.03. The molecule has 2 rings (SSSR count). The Balaban J connectivity index is 2.05. The van der Waals surface area contributed by atoms with Crippen LogP contribution in [0.2, 0.25) is 0 Å². The summed E-state index contributed by atoms with van der Waals surface area (Å²) in [4.78, 5) is 11.5. The number of hydrogen-bond acceptors (Lipinski definition) is 4. The van der Waals surface area contributed by atoms with E-state index in [0.29, 0.717) is 13.1 Å². The first-order valence-corrected chi connectivity index (χ1v) is 6.76. The second-order valence-corrected chi connectivity index (χ2v) is 5.72. The van der Waals surface area contributed by atoms with Crippen molar-refractivity contribution in [2.45, 2.75) is 46.3 Å². The molecule has 1 N–H and O–H groups in total. The van der Waals surface area contributed by atoms with Gasteiger partial charge in [0.05, 0.1) is 24.0 Å². The Morgan fingerprint density at radius 2 is 2.00 bits per heavy atom. The quantitative estimate of drug-likeness (QED) is 0.924. The molecule has 6 nitrogen and oxygen atoms in total. The number of rotatable bonds is 4. The summed E-state index contributed by atoms with van der Waals surface area (Å²) in [7, 11) is 0. The minimum atomic E-state index is -0.0688. The fourth-order valence-corrected chi connectivity index (χ4v) is 1.78. The SMILES string of the molecule is CCn1cc(NCc2cn(C(C)(C)C)nn2)ccc1=O. The Kier molecular flexibility index (Phi) is 3.92. The minimum absolute atomic E-state index is 0.0109. The van der Waals surface area contributed by atoms with Crippen LogP contribution in [-0.2, 0) is 18.6 Å². The fourth-order valence-electron chi connectivity index (χ4n) is 1.78. The Bertz CT molecular complexity index is 635. The molecule has 6 heteroatoms. The number of aryl methyl sites for hydroxylation is 1. The molecule has 0 saturated heterocycles. The summed E-state index contributed by atoms with van der Waals surface area (Å²) in [5, 5.41) is 11.5. The Morgan fingerprint density at radius 1 is 1.25 bits per heavy atom. The summed E-state index contributed by atoms with van der Waals surface area (Å²) in [5.41, 5.74) is 1.71. The highest BCUT2D eigenvalue weighted by atomic mass is 16.1. The molecule has 0 aliphatic heterocycles. The van der Waals surface area contributed by atoms with E-state index in [2.05, 4.69) is 36.4 Å². The van der Waals surface area contributed by atoms with Gasteiger partial charge < -0.3 is 9.88 Å². The number of nitrogens with zero attached hydrogens (tertiary/aromatic N) is 4. The topological polar surface area (TPSA) is 64.7 Å². The van der Waals surface area contributed by atoms with Crippen LogP contribution in [0.4, 0.5) is 5.69 Å². The van der Waals surface area contributed by atoms with E-state index in [1.807, 2.05) is 24.0 Å². The molecule has 0 radical (unpaired) electrons. The van der Waals surface area contributed by atoms with Crippen LogP contribution < -0.4 is 10.9 Å². The van der Waals surface area contributed by atoms with Gasteiger partial charge in [-0.25, -0.2) is 4.68 Å². The van der Waals surface area contributed by atoms with Crippen molar-refractivity contribution in [3.05, 3.63) is 40.6 Å². The van der Waals surface area contributed by atoms with Crippen molar-refractivity contribution in [3.63, 3.8) is 0 Å². The van der Waals surface area contributed by atoms with Gasteiger partial charge >= 0.3 is 0 Å². The first-order chi connectivity index (χ1) is 9.40. The molecular weight excluding hydrogens is 254 g/mol. The number of pyridine rings is 1. The second-order valence-electron chi connectivity index (χ2n) is 5.72. The van der Waals surface area contributed by atoms with Crippen LogP contribution in [0, 0.1) is 0 Å². The maximum absolute atomic E-state index is 11.5. The minimum Gasteiger partial charge on any atom is -0.378 e. The smallest absolute Gasteiger partial charge is 0.250 e. The van der Waals surface area contributed by atoms with E-state index in [4.69, 9.17) is 0 Å². The van der Waals surface area contributed by atoms with Gasteiger partial charge in [0.2, 0.25) is 0 Å². The second kappa shape index (κ2) is 5.48. The van der Waals surface area contributed by atoms with Crippen molar-refractivity contribution in [1.29, 1.82) is 0 Å². The Morgan fingerprint density at radius 3 is 2.60 bits per heavy atom. The van der Waals surface area contributed by atoms with E-state index in [-0.39, 0.29) is 11.1 Å². The normalized spacial score (nSPS) is 11.6. The third-order valence-corrected chi connectivity index (χ3v) is 3.03. The average molecular weight is 275 g/mol. The Hall–Kier alpha value is -2.11. The van der Waals surface area contributed by atoms with Crippen molar-refractivity contribution < 1.29 is 0 Å². The van der Waals surface area contributed by atoms with Gasteiger partial charge in [0.15, 0.2) is 0 Å². The van der Waals surface area contributed by atoms with Gasteiger partial charge in [-0.1, -0.05) is 5.21 Å². The maximum atomic E-state index is 11.5. The predicted molar refractivity (Wildman–Crippen MR) is 78.7 cm³/mol. The van der Waals surface area contributed by atoms with Crippen molar-refractivity contribution in [1.82, 2.24) is 19.6 Å². The van der Waals surface area contributed by atoms with Gasteiger partial charge in [-0.05, 0) is 33.8 Å². The third kappa shape index (κ3) is 3.26. The monoisotopic (exact) mass is 275 g/mol. The van der Waals surface area contributed by atoms with Gasteiger partial charge in [0.25, 0.3) is 5.56 Å². The molecule has 0 bridgehead atoms. The van der Waals surface area contributed by atoms with Crippen LogP contribution >= 0.6 is 0 Å². The number of anilines is 1. The van der Waals surface area contributed by atoms with E-state index in [1.54, 1.807) is 16.7 Å². The molecule has 0 aromatic carbocycles. The van der Waals surface area contributed by atoms with Crippen molar-refractivity contribution in [3.8, 4) is 0 Å². The lowest BCUT2D eigenvalue weighted by Gasteiger charge is -2.17. The lowest BCUT2D eigenvalue weighted by molar-refractivity contribution is 0.347. The standard InChI is InChI=1S/C14H21N5O/c1-5-18-9-11(6-7-13(18)20)15-8-12-10-19(17-16-12)14(2,3)4/h6-7,9-10,15H,5,8H2,1-4H3. The lowest BCUT2D eigenvalue weighted by atomic mass is 10.1. The maximum Gasteiger partial charge on any atom is 0.250 e. The lowest BCUT2D eigenvalue weighted by Crippen LogP contribution is -2.22. The van der Waals surface area contributed by atoms with E-state index >= 15 is 0 Å². The van der Waals surface area contributed by atoms with E-state index in [1.165, 1.54) is 0 Å². The molecule has 0 saturated carbocycles. The fraction of sp³-hybridized carbons (Fsp3) is 0.500. The molecule has 20 heavy (non-hydrogen) atoms. The van der Waals surface area contributed by atoms with Crippen LogP contribution in [0.15, 0.2) is 29.3 Å². The Labute approximate surface area is 118 Å². The molecule has 0 amide bonds. The number of aromatic nitrogens is 4. The first kappa shape index (κ1) is 14.3. The summed E-state index contributed by atoms with van der Waals surface area (Å²) in [6.07, 6.45) is 3.75. The van der Waals surface area contributed by atoms with Gasteiger partial charge in [-0.3, -0.25) is 4.79 Å². The van der Waals surface area contributed by atoms with Crippen LogP contribution in [0.1, 0.15) is 33.4 Å². The zero-order valence-electron chi connectivity index (χ0n) is 12.4. The number of nitrogens with one attached hydrogen (secondary N) is 1. The molecule has 0 unspecified atom stereocenters. The van der Waals surface area contributed by atoms with Crippen molar-refractivity contribution >= 4 is 5.69 Å². The summed E-state index contributed by atoms with van der Waals surface area (Å²) in [6.45, 7) is 9.43. The highest BCUT2D eigenvalue weighted by Gasteiger charge is 2.14. The summed E-state index contributed by atoms with van der Waals surface area (Å²) < 4.78 is 3.51. The van der Waals surface area contributed by atoms with Gasteiger partial charge in [0, 0.05) is 18.8 Å². The van der Waals surface area contributed by atoms with Gasteiger partial charge in [0.1, 0.15) is 5.69 Å². The molecule has 0 spiro atoms. The molecular formula is C14H21N5O. The largest absolute Gasteiger partial charge is 0.378 e. The molecule has 0 aliphatic rings. The highest BCUT2D eigenvalue weighted by Crippen LogP contribution is 2.12. The predicted octanol–water partition coefficient (Wildman–Crippen LogP) is 1.83. The van der Waals surface area contributed by atoms with Crippen molar-refractivity contribution in [2.24, 2.45) is 0 Å². The van der Waals surface area contributed by atoms with Crippen LogP contribution in [0.25, 0.3) is 0 Å².